The van der Waals surface area contributed by atoms with Crippen LogP contribution in [-0.2, 0) is 0 Å². The lowest BCUT2D eigenvalue weighted by molar-refractivity contribution is 0.252. The van der Waals surface area contributed by atoms with E-state index in [2.05, 4.69) is 18.4 Å². The first-order chi connectivity index (χ1) is 6.63. The summed E-state index contributed by atoms with van der Waals surface area (Å²) in [6, 6.07) is 9.98. The van der Waals surface area contributed by atoms with E-state index >= 15 is 0 Å². The Morgan fingerprint density at radius 2 is 1.86 bits per heavy atom. The Labute approximate surface area is 84.9 Å². The summed E-state index contributed by atoms with van der Waals surface area (Å²) in [6.07, 6.45) is 0. The molecule has 0 aliphatic carbocycles. The molecule has 1 aromatic carbocycles. The van der Waals surface area contributed by atoms with Crippen LogP contribution in [0.2, 0.25) is 0 Å². The van der Waals surface area contributed by atoms with E-state index < -0.39 is 0 Å². The maximum absolute atomic E-state index is 8.64. The highest BCUT2D eigenvalue weighted by atomic mass is 15.5. The van der Waals surface area contributed by atoms with E-state index in [0.717, 1.165) is 0 Å². The standard InChI is InChI=1S/C11H15N3/c1-9(13-14(2)3)11-6-4-10(8-12)5-7-11/h4-7,9,13H,1-3H3. The third kappa shape index (κ3) is 2.84. The van der Waals surface area contributed by atoms with Crippen LogP contribution in [0.1, 0.15) is 24.1 Å². The van der Waals surface area contributed by atoms with Gasteiger partial charge in [-0.3, -0.25) is 5.01 Å². The number of nitrogens with one attached hydrogen (secondary N) is 1. The van der Waals surface area contributed by atoms with Gasteiger partial charge in [0.25, 0.3) is 0 Å². The zero-order valence-electron chi connectivity index (χ0n) is 8.78. The van der Waals surface area contributed by atoms with Crippen molar-refractivity contribution in [2.24, 2.45) is 0 Å². The van der Waals surface area contributed by atoms with Crippen LogP contribution in [0.3, 0.4) is 0 Å². The van der Waals surface area contributed by atoms with Crippen molar-refractivity contribution < 1.29 is 0 Å². The molecule has 0 saturated carbocycles. The molecular weight excluding hydrogens is 174 g/mol. The van der Waals surface area contributed by atoms with Gasteiger partial charge in [-0.2, -0.15) is 5.26 Å². The topological polar surface area (TPSA) is 39.1 Å². The van der Waals surface area contributed by atoms with E-state index in [0.29, 0.717) is 5.56 Å². The molecule has 3 nitrogen and oxygen atoms in total. The molecule has 0 aliphatic rings. The summed E-state index contributed by atoms with van der Waals surface area (Å²) in [5.74, 6) is 0. The van der Waals surface area contributed by atoms with Crippen LogP contribution in [0.4, 0.5) is 0 Å². The average molecular weight is 189 g/mol. The Balaban J connectivity index is 2.72. The largest absolute Gasteiger partial charge is 0.250 e. The normalized spacial score (nSPS) is 12.5. The highest BCUT2D eigenvalue weighted by molar-refractivity contribution is 5.32. The Morgan fingerprint density at radius 3 is 2.29 bits per heavy atom. The molecule has 1 aromatic rings. The fraction of sp³-hybridized carbons (Fsp3) is 0.364. The maximum atomic E-state index is 8.64. The Morgan fingerprint density at radius 1 is 1.29 bits per heavy atom. The monoisotopic (exact) mass is 189 g/mol. The quantitative estimate of drug-likeness (QED) is 0.735. The van der Waals surface area contributed by atoms with Crippen molar-refractivity contribution in [1.82, 2.24) is 10.4 Å². The van der Waals surface area contributed by atoms with Crippen molar-refractivity contribution in [3.05, 3.63) is 35.4 Å². The number of hydrazine groups is 1. The van der Waals surface area contributed by atoms with E-state index in [1.54, 1.807) is 0 Å². The lowest BCUT2D eigenvalue weighted by Gasteiger charge is -2.19. The second-order valence-electron chi connectivity index (χ2n) is 3.48. The molecule has 0 aromatic heterocycles. The van der Waals surface area contributed by atoms with E-state index in [1.165, 1.54) is 5.56 Å². The van der Waals surface area contributed by atoms with Crippen molar-refractivity contribution in [3.63, 3.8) is 0 Å². The smallest absolute Gasteiger partial charge is 0.0991 e. The molecule has 3 heteroatoms. The number of rotatable bonds is 3. The molecule has 0 saturated heterocycles. The second-order valence-corrected chi connectivity index (χ2v) is 3.48. The molecule has 1 atom stereocenters. The zero-order valence-corrected chi connectivity index (χ0v) is 8.78. The minimum atomic E-state index is 0.262. The number of benzene rings is 1. The molecule has 0 bridgehead atoms. The summed E-state index contributed by atoms with van der Waals surface area (Å²) < 4.78 is 0. The molecule has 0 fully saturated rings. The highest BCUT2D eigenvalue weighted by Gasteiger charge is 2.04. The molecule has 0 radical (unpaired) electrons. The van der Waals surface area contributed by atoms with E-state index in [4.69, 9.17) is 5.26 Å². The molecule has 0 aliphatic heterocycles. The summed E-state index contributed by atoms with van der Waals surface area (Å²) in [4.78, 5) is 0. The SMILES string of the molecule is CC(NN(C)C)c1ccc(C#N)cc1. The number of nitriles is 1. The summed E-state index contributed by atoms with van der Waals surface area (Å²) in [5.41, 5.74) is 5.13. The Hall–Kier alpha value is -1.37. The molecular formula is C11H15N3. The van der Waals surface area contributed by atoms with Crippen LogP contribution in [0.25, 0.3) is 0 Å². The second kappa shape index (κ2) is 4.75. The lowest BCUT2D eigenvalue weighted by atomic mass is 10.1. The van der Waals surface area contributed by atoms with Crippen LogP contribution in [0.15, 0.2) is 24.3 Å². The van der Waals surface area contributed by atoms with Crippen molar-refractivity contribution in [1.29, 1.82) is 5.26 Å². The predicted molar refractivity (Wildman–Crippen MR) is 56.4 cm³/mol. The Bertz CT molecular complexity index is 321. The zero-order chi connectivity index (χ0) is 10.6. The Kier molecular flexibility index (Phi) is 3.63. The third-order valence-electron chi connectivity index (χ3n) is 1.99. The fourth-order valence-corrected chi connectivity index (χ4v) is 1.31. The number of nitrogens with zero attached hydrogens (tertiary/aromatic N) is 2. The van der Waals surface area contributed by atoms with Gasteiger partial charge in [-0.15, -0.1) is 0 Å². The average Bonchev–Trinajstić information content (AvgIpc) is 2.17. The predicted octanol–water partition coefficient (Wildman–Crippen LogP) is 1.69. The van der Waals surface area contributed by atoms with Gasteiger partial charge in [-0.1, -0.05) is 12.1 Å². The molecule has 74 valence electrons. The van der Waals surface area contributed by atoms with E-state index in [-0.39, 0.29) is 6.04 Å². The molecule has 0 amide bonds. The molecule has 0 spiro atoms. The maximum Gasteiger partial charge on any atom is 0.0991 e. The molecule has 0 heterocycles. The van der Waals surface area contributed by atoms with Crippen LogP contribution in [0.5, 0.6) is 0 Å². The van der Waals surface area contributed by atoms with Gasteiger partial charge in [0, 0.05) is 20.1 Å². The third-order valence-corrected chi connectivity index (χ3v) is 1.99. The lowest BCUT2D eigenvalue weighted by Crippen LogP contribution is -2.32. The van der Waals surface area contributed by atoms with Crippen LogP contribution in [0, 0.1) is 11.3 Å². The number of hydrogen-bond acceptors (Lipinski definition) is 3. The van der Waals surface area contributed by atoms with Crippen LogP contribution in [-0.4, -0.2) is 19.1 Å². The van der Waals surface area contributed by atoms with Crippen molar-refractivity contribution >= 4 is 0 Å². The first-order valence-corrected chi connectivity index (χ1v) is 4.57. The van der Waals surface area contributed by atoms with Gasteiger partial charge in [0.15, 0.2) is 0 Å². The summed E-state index contributed by atoms with van der Waals surface area (Å²) >= 11 is 0. The minimum Gasteiger partial charge on any atom is -0.250 e. The van der Waals surface area contributed by atoms with Crippen LogP contribution >= 0.6 is 0 Å². The summed E-state index contributed by atoms with van der Waals surface area (Å²) in [6.45, 7) is 2.08. The van der Waals surface area contributed by atoms with Gasteiger partial charge in [0.2, 0.25) is 0 Å². The first-order valence-electron chi connectivity index (χ1n) is 4.57. The summed E-state index contributed by atoms with van der Waals surface area (Å²) in [5, 5.41) is 10.6. The molecule has 1 unspecified atom stereocenters. The van der Waals surface area contributed by atoms with Gasteiger partial charge in [0.1, 0.15) is 0 Å². The molecule has 14 heavy (non-hydrogen) atoms. The van der Waals surface area contributed by atoms with Gasteiger partial charge >= 0.3 is 0 Å². The van der Waals surface area contributed by atoms with E-state index in [9.17, 15) is 0 Å². The fourth-order valence-electron chi connectivity index (χ4n) is 1.31. The summed E-state index contributed by atoms with van der Waals surface area (Å²) in [7, 11) is 3.92. The van der Waals surface area contributed by atoms with Crippen molar-refractivity contribution in [3.8, 4) is 6.07 Å². The first kappa shape index (κ1) is 10.7. The number of hydrogen-bond donors (Lipinski definition) is 1. The van der Waals surface area contributed by atoms with E-state index in [1.807, 2.05) is 43.4 Å². The van der Waals surface area contributed by atoms with Gasteiger partial charge in [-0.05, 0) is 24.6 Å². The highest BCUT2D eigenvalue weighted by Crippen LogP contribution is 2.12. The molecule has 1 rings (SSSR count). The van der Waals surface area contributed by atoms with Gasteiger partial charge < -0.3 is 0 Å². The minimum absolute atomic E-state index is 0.262. The van der Waals surface area contributed by atoms with Crippen LogP contribution < -0.4 is 5.43 Å². The van der Waals surface area contributed by atoms with Crippen molar-refractivity contribution in [2.45, 2.75) is 13.0 Å². The van der Waals surface area contributed by atoms with Gasteiger partial charge in [0.05, 0.1) is 11.6 Å². The molecule has 1 N–H and O–H groups in total. The van der Waals surface area contributed by atoms with Gasteiger partial charge in [-0.25, -0.2) is 5.43 Å². The van der Waals surface area contributed by atoms with Crippen molar-refractivity contribution in [2.75, 3.05) is 14.1 Å².